The molecule has 17 heavy (non-hydrogen) atoms. The highest BCUT2D eigenvalue weighted by molar-refractivity contribution is 6.31. The molecule has 6 heteroatoms. The summed E-state index contributed by atoms with van der Waals surface area (Å²) in [4.78, 5) is 10.6. The number of carboxylic acid groups (broad SMARTS) is 1. The lowest BCUT2D eigenvalue weighted by atomic mass is 10.1. The molecule has 0 aliphatic heterocycles. The zero-order valence-electron chi connectivity index (χ0n) is 8.70. The molecule has 88 valence electrons. The van der Waals surface area contributed by atoms with E-state index < -0.39 is 11.8 Å². The largest absolute Gasteiger partial charge is 0.476 e. The minimum absolute atomic E-state index is 0.0479. The number of aromatic carboxylic acids is 1. The van der Waals surface area contributed by atoms with Crippen LogP contribution in [0.1, 0.15) is 16.1 Å². The van der Waals surface area contributed by atoms with E-state index >= 15 is 0 Å². The van der Waals surface area contributed by atoms with Crippen LogP contribution in [-0.2, 0) is 0 Å². The molecule has 0 atom stereocenters. The average molecular weight is 256 g/mol. The fourth-order valence-electron chi connectivity index (χ4n) is 1.38. The van der Waals surface area contributed by atoms with Gasteiger partial charge in [-0.25, -0.2) is 9.18 Å². The Bertz CT molecular complexity index is 571. The molecule has 1 aromatic carbocycles. The Morgan fingerprint density at radius 2 is 2.18 bits per heavy atom. The Balaban J connectivity index is 2.49. The number of aromatic nitrogens is 1. The predicted molar refractivity (Wildman–Crippen MR) is 58.6 cm³/mol. The number of carbonyl (C=O) groups is 1. The lowest BCUT2D eigenvalue weighted by Crippen LogP contribution is -1.94. The van der Waals surface area contributed by atoms with Crippen molar-refractivity contribution in [2.45, 2.75) is 6.92 Å². The second-order valence-electron chi connectivity index (χ2n) is 3.47. The average Bonchev–Trinajstić information content (AvgIpc) is 2.74. The van der Waals surface area contributed by atoms with Gasteiger partial charge in [-0.3, -0.25) is 0 Å². The van der Waals surface area contributed by atoms with Gasteiger partial charge >= 0.3 is 5.97 Å². The minimum atomic E-state index is -1.19. The summed E-state index contributed by atoms with van der Waals surface area (Å²) in [6, 6.07) is 4.12. The first-order valence-electron chi connectivity index (χ1n) is 4.65. The fraction of sp³-hybridized carbons (Fsp3) is 0.0909. The van der Waals surface area contributed by atoms with Crippen LogP contribution in [0.5, 0.6) is 0 Å². The molecule has 0 saturated carbocycles. The number of carboxylic acids is 1. The van der Waals surface area contributed by atoms with E-state index in [-0.39, 0.29) is 16.5 Å². The van der Waals surface area contributed by atoms with E-state index in [9.17, 15) is 9.18 Å². The zero-order valence-corrected chi connectivity index (χ0v) is 9.45. The number of benzene rings is 1. The van der Waals surface area contributed by atoms with Gasteiger partial charge in [0.05, 0.1) is 5.02 Å². The van der Waals surface area contributed by atoms with Crippen molar-refractivity contribution in [2.24, 2.45) is 0 Å². The van der Waals surface area contributed by atoms with Crippen LogP contribution < -0.4 is 0 Å². The molecule has 0 saturated heterocycles. The molecule has 0 unspecified atom stereocenters. The van der Waals surface area contributed by atoms with E-state index in [1.54, 1.807) is 6.92 Å². The summed E-state index contributed by atoms with van der Waals surface area (Å²) in [5.74, 6) is -1.47. The van der Waals surface area contributed by atoms with Gasteiger partial charge in [0.1, 0.15) is 5.82 Å². The van der Waals surface area contributed by atoms with Gasteiger partial charge in [-0.05, 0) is 24.6 Å². The van der Waals surface area contributed by atoms with Crippen molar-refractivity contribution in [1.82, 2.24) is 5.16 Å². The van der Waals surface area contributed by atoms with E-state index in [1.807, 2.05) is 0 Å². The monoisotopic (exact) mass is 255 g/mol. The third-order valence-electron chi connectivity index (χ3n) is 2.22. The van der Waals surface area contributed by atoms with E-state index in [4.69, 9.17) is 21.2 Å². The van der Waals surface area contributed by atoms with Crippen LogP contribution in [-0.4, -0.2) is 16.2 Å². The van der Waals surface area contributed by atoms with E-state index in [1.165, 1.54) is 18.2 Å². The van der Waals surface area contributed by atoms with Crippen LogP contribution in [0.25, 0.3) is 11.3 Å². The maximum absolute atomic E-state index is 13.3. The topological polar surface area (TPSA) is 63.3 Å². The first-order valence-corrected chi connectivity index (χ1v) is 5.03. The van der Waals surface area contributed by atoms with Gasteiger partial charge < -0.3 is 9.63 Å². The van der Waals surface area contributed by atoms with Crippen molar-refractivity contribution in [3.63, 3.8) is 0 Å². The van der Waals surface area contributed by atoms with Crippen LogP contribution in [0.2, 0.25) is 5.02 Å². The molecule has 1 N–H and O–H groups in total. The molecule has 0 aliphatic rings. The van der Waals surface area contributed by atoms with Crippen molar-refractivity contribution in [3.05, 3.63) is 40.3 Å². The summed E-state index contributed by atoms with van der Waals surface area (Å²) in [5, 5.41) is 12.0. The Morgan fingerprint density at radius 3 is 2.71 bits per heavy atom. The van der Waals surface area contributed by atoms with Crippen LogP contribution >= 0.6 is 11.6 Å². The molecular weight excluding hydrogens is 249 g/mol. The normalized spacial score (nSPS) is 10.5. The number of hydrogen-bond donors (Lipinski definition) is 1. The van der Waals surface area contributed by atoms with Crippen LogP contribution in [0, 0.1) is 12.7 Å². The molecule has 0 spiro atoms. The number of hydrogen-bond acceptors (Lipinski definition) is 3. The van der Waals surface area contributed by atoms with Crippen molar-refractivity contribution in [3.8, 4) is 11.3 Å². The number of aryl methyl sites for hydroxylation is 1. The van der Waals surface area contributed by atoms with Gasteiger partial charge in [-0.1, -0.05) is 16.8 Å². The van der Waals surface area contributed by atoms with Gasteiger partial charge in [-0.2, -0.15) is 0 Å². The van der Waals surface area contributed by atoms with E-state index in [0.717, 1.165) is 0 Å². The maximum atomic E-state index is 13.3. The zero-order chi connectivity index (χ0) is 12.6. The molecule has 1 aromatic heterocycles. The molecule has 0 amide bonds. The van der Waals surface area contributed by atoms with Crippen LogP contribution in [0.15, 0.2) is 22.7 Å². The number of halogens is 2. The molecule has 0 fully saturated rings. The fourth-order valence-corrected chi connectivity index (χ4v) is 1.65. The predicted octanol–water partition coefficient (Wildman–Crippen LogP) is 3.14. The van der Waals surface area contributed by atoms with Gasteiger partial charge in [0.2, 0.25) is 0 Å². The SMILES string of the molecule is Cc1cc(-c2cc(C(=O)O)no2)cc(Cl)c1F. The van der Waals surface area contributed by atoms with Crippen molar-refractivity contribution >= 4 is 17.6 Å². The molecule has 4 nitrogen and oxygen atoms in total. The lowest BCUT2D eigenvalue weighted by molar-refractivity contribution is 0.0686. The summed E-state index contributed by atoms with van der Waals surface area (Å²) in [5.41, 5.74) is 0.618. The molecule has 1 heterocycles. The molecule has 0 bridgehead atoms. The number of nitrogens with zero attached hydrogens (tertiary/aromatic N) is 1. The third kappa shape index (κ3) is 2.14. The molecule has 0 radical (unpaired) electrons. The van der Waals surface area contributed by atoms with Crippen molar-refractivity contribution < 1.29 is 18.8 Å². The van der Waals surface area contributed by atoms with Gasteiger partial charge in [0, 0.05) is 11.6 Å². The summed E-state index contributed by atoms with van der Waals surface area (Å²) in [6.07, 6.45) is 0. The maximum Gasteiger partial charge on any atom is 0.358 e. The van der Waals surface area contributed by atoms with E-state index in [0.29, 0.717) is 11.1 Å². The van der Waals surface area contributed by atoms with Gasteiger partial charge in [-0.15, -0.1) is 0 Å². The summed E-state index contributed by atoms with van der Waals surface area (Å²) in [6.45, 7) is 1.55. The first-order chi connectivity index (χ1) is 7.99. The Kier molecular flexibility index (Phi) is 2.85. The first kappa shape index (κ1) is 11.6. The summed E-state index contributed by atoms with van der Waals surface area (Å²) >= 11 is 5.68. The summed E-state index contributed by atoms with van der Waals surface area (Å²) in [7, 11) is 0. The molecule has 2 aromatic rings. The van der Waals surface area contributed by atoms with Crippen LogP contribution in [0.4, 0.5) is 4.39 Å². The summed E-state index contributed by atoms with van der Waals surface area (Å²) < 4.78 is 18.1. The third-order valence-corrected chi connectivity index (χ3v) is 2.50. The van der Waals surface area contributed by atoms with Crippen molar-refractivity contribution in [1.29, 1.82) is 0 Å². The highest BCUT2D eigenvalue weighted by atomic mass is 35.5. The molecule has 0 aliphatic carbocycles. The van der Waals surface area contributed by atoms with E-state index in [2.05, 4.69) is 5.16 Å². The van der Waals surface area contributed by atoms with Gasteiger partial charge in [0.15, 0.2) is 11.5 Å². The second kappa shape index (κ2) is 4.18. The highest BCUT2D eigenvalue weighted by Crippen LogP contribution is 2.27. The number of rotatable bonds is 2. The highest BCUT2D eigenvalue weighted by Gasteiger charge is 2.14. The van der Waals surface area contributed by atoms with Gasteiger partial charge in [0.25, 0.3) is 0 Å². The smallest absolute Gasteiger partial charge is 0.358 e. The Hall–Kier alpha value is -1.88. The Labute approximate surface area is 101 Å². The quantitative estimate of drug-likeness (QED) is 0.895. The van der Waals surface area contributed by atoms with Crippen LogP contribution in [0.3, 0.4) is 0 Å². The second-order valence-corrected chi connectivity index (χ2v) is 3.88. The lowest BCUT2D eigenvalue weighted by Gasteiger charge is -2.01. The van der Waals surface area contributed by atoms with Crippen molar-refractivity contribution in [2.75, 3.05) is 0 Å². The molecular formula is C11H7ClFNO3. The minimum Gasteiger partial charge on any atom is -0.476 e. The Morgan fingerprint density at radius 1 is 1.47 bits per heavy atom. The standard InChI is InChI=1S/C11H7ClFNO3/c1-5-2-6(3-7(12)10(5)13)9-4-8(11(15)16)14-17-9/h2-4H,1H3,(H,15,16). The molecule has 2 rings (SSSR count).